The molecule has 1 aliphatic rings. The van der Waals surface area contributed by atoms with Crippen LogP contribution in [0.1, 0.15) is 47.0 Å². The number of rotatable bonds is 10. The van der Waals surface area contributed by atoms with Crippen LogP contribution in [0.25, 0.3) is 11.8 Å². The number of hydrogen-bond acceptors (Lipinski definition) is 9. The van der Waals surface area contributed by atoms with E-state index in [0.29, 0.717) is 50.9 Å². The van der Waals surface area contributed by atoms with Crippen molar-refractivity contribution < 1.29 is 19.0 Å². The smallest absolute Gasteiger partial charge is 0.338 e. The summed E-state index contributed by atoms with van der Waals surface area (Å²) in [4.78, 5) is 33.8. The topological polar surface area (TPSA) is 103 Å². The van der Waals surface area contributed by atoms with Gasteiger partial charge >= 0.3 is 5.97 Å². The summed E-state index contributed by atoms with van der Waals surface area (Å²) in [7, 11) is 0. The van der Waals surface area contributed by atoms with Crippen molar-refractivity contribution >= 4 is 40.4 Å². The maximum atomic E-state index is 14.1. The number of carbonyl (C=O) groups excluding carboxylic acids is 1. The Bertz CT molecular complexity index is 2120. The zero-order valence-electron chi connectivity index (χ0n) is 25.1. The average molecular weight is 648 g/mol. The van der Waals surface area contributed by atoms with Gasteiger partial charge in [-0.15, -0.1) is 11.3 Å². The van der Waals surface area contributed by atoms with E-state index in [-0.39, 0.29) is 12.2 Å². The van der Waals surface area contributed by atoms with Gasteiger partial charge in [-0.1, -0.05) is 65.9 Å². The van der Waals surface area contributed by atoms with Gasteiger partial charge in [0.05, 0.1) is 40.6 Å². The molecule has 0 amide bonds. The third-order valence-corrected chi connectivity index (χ3v) is 9.14. The van der Waals surface area contributed by atoms with Crippen molar-refractivity contribution in [2.75, 3.05) is 13.2 Å². The molecule has 1 atom stereocenters. The van der Waals surface area contributed by atoms with E-state index in [2.05, 4.69) is 6.07 Å². The normalized spacial score (nSPS) is 14.3. The van der Waals surface area contributed by atoms with Gasteiger partial charge in [-0.25, -0.2) is 9.79 Å². The van der Waals surface area contributed by atoms with Crippen LogP contribution in [-0.4, -0.2) is 23.8 Å². The maximum absolute atomic E-state index is 14.1. The van der Waals surface area contributed by atoms with E-state index in [0.717, 1.165) is 21.6 Å². The van der Waals surface area contributed by atoms with Crippen LogP contribution in [0.15, 0.2) is 106 Å². The highest BCUT2D eigenvalue weighted by atomic mass is 32.1. The highest BCUT2D eigenvalue weighted by Gasteiger charge is 2.35. The van der Waals surface area contributed by atoms with Crippen molar-refractivity contribution in [3.63, 3.8) is 0 Å². The molecule has 0 unspecified atom stereocenters. The second-order valence-corrected chi connectivity index (χ2v) is 12.2. The Balaban J connectivity index is 1.43. The van der Waals surface area contributed by atoms with Crippen molar-refractivity contribution in [3.05, 3.63) is 143 Å². The summed E-state index contributed by atoms with van der Waals surface area (Å²) in [6.45, 7) is 4.58. The standard InChI is InChI=1S/C36H29N3O5S2/c1-3-42-28-19-25(16-17-27(28)44-22-24-14-12-23(21-37)13-15-24)20-30-34(40)39-33(29-11-8-18-45-29)31(35(41)43-4-2)32(38-36(39)46-30)26-9-6-5-7-10-26/h5-20,33H,3-4,22H2,1-2H3/b30-20-/t33-/m1/s1. The summed E-state index contributed by atoms with van der Waals surface area (Å²) in [5, 5.41) is 11.0. The Morgan fingerprint density at radius 3 is 2.48 bits per heavy atom. The summed E-state index contributed by atoms with van der Waals surface area (Å²) < 4.78 is 19.5. The first-order valence-corrected chi connectivity index (χ1v) is 16.4. The van der Waals surface area contributed by atoms with Crippen LogP contribution in [0.2, 0.25) is 0 Å². The Morgan fingerprint density at radius 2 is 1.78 bits per heavy atom. The minimum atomic E-state index is -0.690. The number of carbonyl (C=O) groups is 1. The number of fused-ring (bicyclic) bond motifs is 1. The number of hydrogen-bond donors (Lipinski definition) is 0. The van der Waals surface area contributed by atoms with Gasteiger partial charge in [0, 0.05) is 10.4 Å². The molecule has 2 aromatic heterocycles. The van der Waals surface area contributed by atoms with Crippen molar-refractivity contribution in [1.82, 2.24) is 4.57 Å². The van der Waals surface area contributed by atoms with Crippen LogP contribution < -0.4 is 24.4 Å². The predicted octanol–water partition coefficient (Wildman–Crippen LogP) is 5.85. The third kappa shape index (κ3) is 6.29. The summed E-state index contributed by atoms with van der Waals surface area (Å²) in [5.74, 6) is 0.606. The molecule has 6 rings (SSSR count). The highest BCUT2D eigenvalue weighted by Crippen LogP contribution is 2.37. The van der Waals surface area contributed by atoms with Crippen LogP contribution in [0.5, 0.6) is 11.5 Å². The molecule has 5 aromatic rings. The minimum absolute atomic E-state index is 0.196. The molecule has 0 aliphatic carbocycles. The number of nitriles is 1. The lowest BCUT2D eigenvalue weighted by Crippen LogP contribution is -2.39. The molecule has 230 valence electrons. The van der Waals surface area contributed by atoms with Crippen molar-refractivity contribution in [3.8, 4) is 17.6 Å². The average Bonchev–Trinajstić information content (AvgIpc) is 3.73. The van der Waals surface area contributed by atoms with Gasteiger partial charge in [0.2, 0.25) is 0 Å². The van der Waals surface area contributed by atoms with Crippen LogP contribution in [0, 0.1) is 11.3 Å². The molecule has 0 saturated carbocycles. The maximum Gasteiger partial charge on any atom is 0.338 e. The third-order valence-electron chi connectivity index (χ3n) is 7.23. The molecular formula is C36H29N3O5S2. The number of thiazole rings is 1. The highest BCUT2D eigenvalue weighted by molar-refractivity contribution is 7.10. The van der Waals surface area contributed by atoms with Gasteiger partial charge in [-0.2, -0.15) is 5.26 Å². The Kier molecular flexibility index (Phi) is 9.24. The summed E-state index contributed by atoms with van der Waals surface area (Å²) in [6, 6.07) is 27.5. The van der Waals surface area contributed by atoms with Crippen molar-refractivity contribution in [2.45, 2.75) is 26.5 Å². The molecule has 3 heterocycles. The van der Waals surface area contributed by atoms with Crippen molar-refractivity contribution in [2.24, 2.45) is 4.99 Å². The number of benzene rings is 3. The number of ether oxygens (including phenoxy) is 3. The van der Waals surface area contributed by atoms with Crippen LogP contribution in [0.4, 0.5) is 0 Å². The molecule has 0 N–H and O–H groups in total. The van der Waals surface area contributed by atoms with Gasteiger partial charge in [0.15, 0.2) is 16.3 Å². The molecule has 0 saturated heterocycles. The first-order chi connectivity index (χ1) is 22.5. The molecule has 46 heavy (non-hydrogen) atoms. The van der Waals surface area contributed by atoms with E-state index < -0.39 is 12.0 Å². The molecule has 8 nitrogen and oxygen atoms in total. The van der Waals surface area contributed by atoms with Crippen LogP contribution >= 0.6 is 22.7 Å². The van der Waals surface area contributed by atoms with Gasteiger partial charge < -0.3 is 14.2 Å². The van der Waals surface area contributed by atoms with E-state index in [9.17, 15) is 9.59 Å². The second-order valence-electron chi connectivity index (χ2n) is 10.2. The summed E-state index contributed by atoms with van der Waals surface area (Å²) >= 11 is 2.74. The van der Waals surface area contributed by atoms with Crippen molar-refractivity contribution in [1.29, 1.82) is 5.26 Å². The molecule has 1 aliphatic heterocycles. The lowest BCUT2D eigenvalue weighted by atomic mass is 9.97. The van der Waals surface area contributed by atoms with Gasteiger partial charge in [0.25, 0.3) is 5.56 Å². The summed E-state index contributed by atoms with van der Waals surface area (Å²) in [5.41, 5.74) is 3.59. The van der Waals surface area contributed by atoms with E-state index in [1.165, 1.54) is 22.7 Å². The zero-order chi connectivity index (χ0) is 32.0. The van der Waals surface area contributed by atoms with Crippen LogP contribution in [-0.2, 0) is 16.1 Å². The number of esters is 1. The first-order valence-electron chi connectivity index (χ1n) is 14.7. The number of aromatic nitrogens is 1. The lowest BCUT2D eigenvalue weighted by Gasteiger charge is -2.24. The number of thiophene rings is 1. The van der Waals surface area contributed by atoms with Gasteiger partial charge in [-0.05, 0) is 66.8 Å². The molecule has 0 fully saturated rings. The fourth-order valence-corrected chi connectivity index (χ4v) is 6.97. The minimum Gasteiger partial charge on any atom is -0.490 e. The second kappa shape index (κ2) is 13.8. The fourth-order valence-electron chi connectivity index (χ4n) is 5.15. The van der Waals surface area contributed by atoms with E-state index >= 15 is 0 Å². The molecule has 10 heteroatoms. The summed E-state index contributed by atoms with van der Waals surface area (Å²) in [6.07, 6.45) is 1.80. The molecule has 0 spiro atoms. The molecule has 0 bridgehead atoms. The Labute approximate surface area is 273 Å². The largest absolute Gasteiger partial charge is 0.490 e. The van der Waals surface area contributed by atoms with Crippen LogP contribution in [0.3, 0.4) is 0 Å². The molecule has 3 aromatic carbocycles. The van der Waals surface area contributed by atoms with E-state index in [4.69, 9.17) is 24.5 Å². The lowest BCUT2D eigenvalue weighted by molar-refractivity contribution is -0.138. The number of nitrogens with zero attached hydrogens (tertiary/aromatic N) is 3. The monoisotopic (exact) mass is 647 g/mol. The van der Waals surface area contributed by atoms with E-state index in [1.807, 2.05) is 85.1 Å². The SMILES string of the molecule is CCOC(=O)C1=C(c2ccccc2)N=c2s/c(=C\c3ccc(OCc4ccc(C#N)cc4)c(OCC)c3)c(=O)n2[C@@H]1c1cccs1. The molecular weight excluding hydrogens is 619 g/mol. The van der Waals surface area contributed by atoms with Gasteiger partial charge in [-0.3, -0.25) is 9.36 Å². The zero-order valence-corrected chi connectivity index (χ0v) is 26.8. The predicted molar refractivity (Wildman–Crippen MR) is 178 cm³/mol. The van der Waals surface area contributed by atoms with Gasteiger partial charge in [0.1, 0.15) is 12.6 Å². The quantitative estimate of drug-likeness (QED) is 0.176. The first kappa shape index (κ1) is 30.8. The Hall–Kier alpha value is -5.24. The van der Waals surface area contributed by atoms with E-state index in [1.54, 1.807) is 29.7 Å². The Morgan fingerprint density at radius 1 is 0.978 bits per heavy atom. The molecule has 0 radical (unpaired) electrons. The fraction of sp³-hybridized carbons (Fsp3) is 0.167.